The first-order valence-corrected chi connectivity index (χ1v) is 8.69. The average molecular weight is 359 g/mol. The molecule has 0 fully saturated rings. The third kappa shape index (κ3) is 2.27. The minimum absolute atomic E-state index is 0.0377. The predicted molar refractivity (Wildman–Crippen MR) is 100 cm³/mol. The van der Waals surface area contributed by atoms with Crippen LogP contribution >= 0.6 is 0 Å². The van der Waals surface area contributed by atoms with Crippen molar-refractivity contribution < 1.29 is 27.9 Å². The van der Waals surface area contributed by atoms with Crippen LogP contribution in [0.2, 0.25) is 0 Å². The molecule has 1 heterocycles. The Labute approximate surface area is 158 Å². The molecule has 1 unspecified atom stereocenters. The van der Waals surface area contributed by atoms with Crippen molar-refractivity contribution in [3.8, 4) is 34.1 Å². The van der Waals surface area contributed by atoms with Crippen LogP contribution in [-0.2, 0) is 12.8 Å². The minimum Gasteiger partial charge on any atom is -0.504 e. The fraction of sp³-hybridized carbons (Fsp3) is 0.429. The van der Waals surface area contributed by atoms with Crippen molar-refractivity contribution in [3.05, 3.63) is 34.9 Å². The monoisotopic (exact) mass is 359 g/mol. The average Bonchev–Trinajstić information content (AvgIpc) is 2.68. The van der Waals surface area contributed by atoms with Gasteiger partial charge in [0.15, 0.2) is 23.0 Å². The van der Waals surface area contributed by atoms with Gasteiger partial charge in [-0.3, -0.25) is 0 Å². The molecular weight excluding hydrogens is 330 g/mol. The van der Waals surface area contributed by atoms with Crippen LogP contribution in [0, 0.1) is 0 Å². The standard InChI is InChI=1S/C21H25NO4/c1-22(2)7-6-12-10-18(25-4)21(26-5)20-14-11-17(24-3)16(23)9-13(14)8-15(22)19(12)20/h9-11,15H,6-8H2,1-5H3/p+1/t15-/m0/s1/i1D3/t15-,22?. The molecule has 1 aliphatic heterocycles. The van der Waals surface area contributed by atoms with Crippen LogP contribution in [0.25, 0.3) is 11.1 Å². The van der Waals surface area contributed by atoms with Gasteiger partial charge in [-0.05, 0) is 34.9 Å². The highest BCUT2D eigenvalue weighted by molar-refractivity contribution is 5.84. The van der Waals surface area contributed by atoms with E-state index in [0.29, 0.717) is 36.6 Å². The van der Waals surface area contributed by atoms with Gasteiger partial charge in [-0.25, -0.2) is 0 Å². The van der Waals surface area contributed by atoms with E-state index in [1.54, 1.807) is 33.4 Å². The van der Waals surface area contributed by atoms with Gasteiger partial charge in [-0.2, -0.15) is 0 Å². The van der Waals surface area contributed by atoms with E-state index >= 15 is 0 Å². The Kier molecular flexibility index (Phi) is 3.07. The van der Waals surface area contributed by atoms with Crippen LogP contribution in [0.1, 0.15) is 26.8 Å². The number of phenols is 1. The van der Waals surface area contributed by atoms with Crippen LogP contribution < -0.4 is 14.2 Å². The first-order valence-electron chi connectivity index (χ1n) is 10.2. The molecule has 1 N–H and O–H groups in total. The van der Waals surface area contributed by atoms with E-state index in [-0.39, 0.29) is 16.3 Å². The lowest BCUT2D eigenvalue weighted by Gasteiger charge is -2.46. The number of aromatic hydroxyl groups is 1. The summed E-state index contributed by atoms with van der Waals surface area (Å²) in [4.78, 5) is 0. The summed E-state index contributed by atoms with van der Waals surface area (Å²) in [5.74, 6) is 1.59. The Hall–Kier alpha value is -2.40. The Morgan fingerprint density at radius 1 is 1.08 bits per heavy atom. The van der Waals surface area contributed by atoms with Crippen LogP contribution in [0.3, 0.4) is 0 Å². The van der Waals surface area contributed by atoms with E-state index in [1.165, 1.54) is 7.11 Å². The molecule has 0 radical (unpaired) electrons. The molecule has 2 aliphatic rings. The summed E-state index contributed by atoms with van der Waals surface area (Å²) in [7, 11) is 6.49. The second-order valence-corrected chi connectivity index (χ2v) is 7.20. The molecule has 5 nitrogen and oxygen atoms in total. The van der Waals surface area contributed by atoms with Crippen molar-refractivity contribution in [2.75, 3.05) is 41.9 Å². The summed E-state index contributed by atoms with van der Waals surface area (Å²) in [6.45, 7) is -1.67. The molecule has 1 aliphatic carbocycles. The van der Waals surface area contributed by atoms with Gasteiger partial charge in [0, 0.05) is 24.0 Å². The molecule has 0 amide bonds. The lowest BCUT2D eigenvalue weighted by atomic mass is 9.75. The summed E-state index contributed by atoms with van der Waals surface area (Å²) in [5, 5.41) is 10.4. The molecule has 2 atom stereocenters. The fourth-order valence-corrected chi connectivity index (χ4v) is 4.40. The number of ether oxygens (including phenoxy) is 3. The molecule has 0 bridgehead atoms. The number of methoxy groups -OCH3 is 3. The fourth-order valence-electron chi connectivity index (χ4n) is 4.40. The summed E-state index contributed by atoms with van der Waals surface area (Å²) in [6.07, 6.45) is 1.15. The van der Waals surface area contributed by atoms with E-state index in [1.807, 2.05) is 6.07 Å². The highest BCUT2D eigenvalue weighted by Crippen LogP contribution is 2.54. The van der Waals surface area contributed by atoms with E-state index in [4.69, 9.17) is 18.3 Å². The molecule has 0 saturated carbocycles. The van der Waals surface area contributed by atoms with Gasteiger partial charge in [0.05, 0.1) is 46.0 Å². The molecule has 5 heteroatoms. The largest absolute Gasteiger partial charge is 0.504 e. The van der Waals surface area contributed by atoms with Gasteiger partial charge >= 0.3 is 0 Å². The number of hydrogen-bond donors (Lipinski definition) is 1. The zero-order chi connectivity index (χ0) is 21.1. The Bertz CT molecular complexity index is 989. The number of nitrogens with zero attached hydrogens (tertiary/aromatic N) is 1. The number of hydrogen-bond acceptors (Lipinski definition) is 4. The highest BCUT2D eigenvalue weighted by Gasteiger charge is 2.43. The third-order valence-corrected chi connectivity index (χ3v) is 5.75. The first-order chi connectivity index (χ1) is 13.7. The van der Waals surface area contributed by atoms with Crippen molar-refractivity contribution >= 4 is 0 Å². The van der Waals surface area contributed by atoms with Gasteiger partial charge < -0.3 is 23.8 Å². The maximum atomic E-state index is 10.4. The molecule has 2 aromatic carbocycles. The number of quaternary nitrogens is 1. The van der Waals surface area contributed by atoms with Gasteiger partial charge in [0.25, 0.3) is 0 Å². The maximum Gasteiger partial charge on any atom is 0.169 e. The maximum absolute atomic E-state index is 10.4. The van der Waals surface area contributed by atoms with Gasteiger partial charge in [-0.1, -0.05) is 0 Å². The molecule has 0 saturated heterocycles. The van der Waals surface area contributed by atoms with E-state index in [9.17, 15) is 5.11 Å². The summed E-state index contributed by atoms with van der Waals surface area (Å²) >= 11 is 0. The van der Waals surface area contributed by atoms with Crippen LogP contribution in [-0.4, -0.2) is 51.5 Å². The molecule has 2 aromatic rings. The molecular formula is C21H26NO4+. The van der Waals surface area contributed by atoms with Crippen molar-refractivity contribution in [1.82, 2.24) is 0 Å². The van der Waals surface area contributed by atoms with Crippen LogP contribution in [0.15, 0.2) is 18.2 Å². The predicted octanol–water partition coefficient (Wildman–Crippen LogP) is 3.31. The molecule has 4 rings (SSSR count). The zero-order valence-electron chi connectivity index (χ0n) is 18.5. The smallest absolute Gasteiger partial charge is 0.169 e. The molecule has 26 heavy (non-hydrogen) atoms. The summed E-state index contributed by atoms with van der Waals surface area (Å²) in [5.41, 5.74) is 4.66. The molecule has 0 aromatic heterocycles. The quantitative estimate of drug-likeness (QED) is 0.854. The summed E-state index contributed by atoms with van der Waals surface area (Å²) in [6, 6.07) is 5.17. The SMILES string of the molecule is [2H]C([2H])([2H])[N+]1(C)CCc2cc(OC)c(OC)c3c2[C@@H]1Cc1cc(O)c(OC)cc1-3. The van der Waals surface area contributed by atoms with Gasteiger partial charge in [-0.15, -0.1) is 0 Å². The van der Waals surface area contributed by atoms with E-state index < -0.39 is 6.98 Å². The number of likely N-dealkylation sites (N-methyl/N-ethyl adjacent to an activating group) is 1. The summed E-state index contributed by atoms with van der Waals surface area (Å²) < 4.78 is 41.3. The van der Waals surface area contributed by atoms with Crippen molar-refractivity contribution in [2.24, 2.45) is 0 Å². The lowest BCUT2D eigenvalue weighted by molar-refractivity contribution is -0.923. The number of phenolic OH excluding ortho intramolecular Hbond substituents is 1. The van der Waals surface area contributed by atoms with Gasteiger partial charge in [0.1, 0.15) is 6.04 Å². The zero-order valence-corrected chi connectivity index (χ0v) is 15.5. The first kappa shape index (κ1) is 13.8. The number of fused-ring (bicyclic) bond motifs is 2. The van der Waals surface area contributed by atoms with Crippen molar-refractivity contribution in [3.63, 3.8) is 0 Å². The number of rotatable bonds is 3. The van der Waals surface area contributed by atoms with Gasteiger partial charge in [0.2, 0.25) is 0 Å². The van der Waals surface area contributed by atoms with E-state index in [2.05, 4.69) is 0 Å². The van der Waals surface area contributed by atoms with Crippen LogP contribution in [0.4, 0.5) is 0 Å². The minimum atomic E-state index is -2.17. The Balaban J connectivity index is 2.09. The topological polar surface area (TPSA) is 47.9 Å². The normalized spacial score (nSPS) is 25.2. The Morgan fingerprint density at radius 2 is 1.85 bits per heavy atom. The van der Waals surface area contributed by atoms with Crippen molar-refractivity contribution in [2.45, 2.75) is 18.9 Å². The van der Waals surface area contributed by atoms with Crippen molar-refractivity contribution in [1.29, 1.82) is 0 Å². The third-order valence-electron chi connectivity index (χ3n) is 5.75. The molecule has 138 valence electrons. The molecule has 0 spiro atoms. The second kappa shape index (κ2) is 5.81. The Morgan fingerprint density at radius 3 is 2.50 bits per heavy atom. The highest BCUT2D eigenvalue weighted by atomic mass is 16.5. The number of benzene rings is 2. The second-order valence-electron chi connectivity index (χ2n) is 7.20. The van der Waals surface area contributed by atoms with Crippen LogP contribution in [0.5, 0.6) is 23.0 Å². The van der Waals surface area contributed by atoms with E-state index in [0.717, 1.165) is 27.8 Å². The lowest BCUT2D eigenvalue weighted by Crippen LogP contribution is -2.49.